The number of hydrogen-bond acceptors (Lipinski definition) is 5. The lowest BCUT2D eigenvalue weighted by molar-refractivity contribution is 0.459. The van der Waals surface area contributed by atoms with E-state index in [0.717, 1.165) is 25.8 Å². The molecule has 0 saturated heterocycles. The van der Waals surface area contributed by atoms with Crippen molar-refractivity contribution in [3.8, 4) is 0 Å². The average molecular weight is 332 g/mol. The zero-order valence-corrected chi connectivity index (χ0v) is 14.4. The molecule has 2 unspecified atom stereocenters. The van der Waals surface area contributed by atoms with Crippen molar-refractivity contribution >= 4 is 21.8 Å². The molecule has 0 aromatic carbocycles. The third-order valence-electron chi connectivity index (χ3n) is 3.82. The van der Waals surface area contributed by atoms with E-state index in [0.29, 0.717) is 23.3 Å². The Bertz CT molecular complexity index is 569. The Kier molecular flexibility index (Phi) is 5.76. The summed E-state index contributed by atoms with van der Waals surface area (Å²) in [5.74, 6) is 1.11. The SMILES string of the molecule is CCNCc1cc(S(=O)(=O)NC2CCCC2SC)c(C)o1. The van der Waals surface area contributed by atoms with Gasteiger partial charge in [-0.15, -0.1) is 0 Å². The normalized spacial score (nSPS) is 22.8. The van der Waals surface area contributed by atoms with Crippen LogP contribution in [0.3, 0.4) is 0 Å². The molecule has 21 heavy (non-hydrogen) atoms. The molecule has 2 N–H and O–H groups in total. The first kappa shape index (κ1) is 16.9. The lowest BCUT2D eigenvalue weighted by atomic mass is 10.3. The molecular formula is C14H24N2O3S2. The van der Waals surface area contributed by atoms with Crippen LogP contribution in [0.4, 0.5) is 0 Å². The van der Waals surface area contributed by atoms with Gasteiger partial charge in [0, 0.05) is 17.4 Å². The highest BCUT2D eigenvalue weighted by molar-refractivity contribution is 7.99. The lowest BCUT2D eigenvalue weighted by Crippen LogP contribution is -2.38. The Morgan fingerprint density at radius 2 is 2.19 bits per heavy atom. The van der Waals surface area contributed by atoms with Gasteiger partial charge in [0.15, 0.2) is 0 Å². The van der Waals surface area contributed by atoms with Crippen molar-refractivity contribution in [2.45, 2.75) is 55.8 Å². The number of rotatable bonds is 7. The minimum absolute atomic E-state index is 0.0246. The monoisotopic (exact) mass is 332 g/mol. The molecule has 0 aliphatic heterocycles. The van der Waals surface area contributed by atoms with Crippen molar-refractivity contribution in [2.75, 3.05) is 12.8 Å². The van der Waals surface area contributed by atoms with Crippen LogP contribution < -0.4 is 10.0 Å². The maximum absolute atomic E-state index is 12.6. The molecule has 1 aromatic heterocycles. The van der Waals surface area contributed by atoms with Crippen molar-refractivity contribution in [3.05, 3.63) is 17.6 Å². The number of nitrogens with one attached hydrogen (secondary N) is 2. The highest BCUT2D eigenvalue weighted by atomic mass is 32.2. The summed E-state index contributed by atoms with van der Waals surface area (Å²) in [6, 6.07) is 1.65. The summed E-state index contributed by atoms with van der Waals surface area (Å²) in [5, 5.41) is 3.50. The van der Waals surface area contributed by atoms with Crippen LogP contribution >= 0.6 is 11.8 Å². The molecule has 1 aliphatic rings. The molecule has 1 aromatic rings. The van der Waals surface area contributed by atoms with Gasteiger partial charge < -0.3 is 9.73 Å². The molecular weight excluding hydrogens is 308 g/mol. The molecule has 5 nitrogen and oxygen atoms in total. The maximum Gasteiger partial charge on any atom is 0.244 e. The van der Waals surface area contributed by atoms with Gasteiger partial charge in [0.2, 0.25) is 10.0 Å². The fourth-order valence-corrected chi connectivity index (χ4v) is 5.27. The minimum atomic E-state index is -3.51. The highest BCUT2D eigenvalue weighted by Crippen LogP contribution is 2.30. The zero-order valence-electron chi connectivity index (χ0n) is 12.8. The van der Waals surface area contributed by atoms with E-state index in [1.165, 1.54) is 0 Å². The molecule has 1 fully saturated rings. The van der Waals surface area contributed by atoms with E-state index in [9.17, 15) is 8.42 Å². The molecule has 1 aliphatic carbocycles. The van der Waals surface area contributed by atoms with E-state index in [1.807, 2.05) is 13.2 Å². The second-order valence-corrected chi connectivity index (χ2v) is 8.11. The lowest BCUT2D eigenvalue weighted by Gasteiger charge is -2.18. The number of sulfonamides is 1. The van der Waals surface area contributed by atoms with Gasteiger partial charge in [-0.3, -0.25) is 0 Å². The fraction of sp³-hybridized carbons (Fsp3) is 0.714. The van der Waals surface area contributed by atoms with Crippen LogP contribution in [0.5, 0.6) is 0 Å². The van der Waals surface area contributed by atoms with Gasteiger partial charge in [0.1, 0.15) is 16.4 Å². The maximum atomic E-state index is 12.6. The molecule has 1 saturated carbocycles. The Balaban J connectivity index is 2.13. The second-order valence-electron chi connectivity index (χ2n) is 5.35. The quantitative estimate of drug-likeness (QED) is 0.801. The van der Waals surface area contributed by atoms with E-state index < -0.39 is 10.0 Å². The van der Waals surface area contributed by atoms with Crippen LogP contribution in [0.25, 0.3) is 0 Å². The number of thioether (sulfide) groups is 1. The molecule has 2 atom stereocenters. The van der Waals surface area contributed by atoms with Gasteiger partial charge in [0.25, 0.3) is 0 Å². The van der Waals surface area contributed by atoms with Gasteiger partial charge in [-0.1, -0.05) is 13.3 Å². The third kappa shape index (κ3) is 4.03. The summed E-state index contributed by atoms with van der Waals surface area (Å²) in [6.07, 6.45) is 5.10. The molecule has 0 spiro atoms. The first-order valence-electron chi connectivity index (χ1n) is 7.33. The summed E-state index contributed by atoms with van der Waals surface area (Å²) in [5.41, 5.74) is 0. The van der Waals surface area contributed by atoms with E-state index in [-0.39, 0.29) is 10.9 Å². The molecule has 120 valence electrons. The van der Waals surface area contributed by atoms with Crippen LogP contribution in [0.1, 0.15) is 37.7 Å². The van der Waals surface area contributed by atoms with E-state index in [4.69, 9.17) is 4.42 Å². The molecule has 7 heteroatoms. The van der Waals surface area contributed by atoms with Crippen LogP contribution in [0, 0.1) is 6.92 Å². The second kappa shape index (κ2) is 7.17. The molecule has 0 bridgehead atoms. The van der Waals surface area contributed by atoms with E-state index in [2.05, 4.69) is 10.0 Å². The van der Waals surface area contributed by atoms with Crippen molar-refractivity contribution in [3.63, 3.8) is 0 Å². The average Bonchev–Trinajstić information content (AvgIpc) is 3.02. The van der Waals surface area contributed by atoms with Crippen molar-refractivity contribution in [1.82, 2.24) is 10.0 Å². The van der Waals surface area contributed by atoms with Crippen LogP contribution in [0.15, 0.2) is 15.4 Å². The highest BCUT2D eigenvalue weighted by Gasteiger charge is 2.32. The molecule has 2 rings (SSSR count). The number of hydrogen-bond donors (Lipinski definition) is 2. The smallest absolute Gasteiger partial charge is 0.244 e. The molecule has 0 radical (unpaired) electrons. The van der Waals surface area contributed by atoms with Gasteiger partial charge in [-0.2, -0.15) is 11.8 Å². The summed E-state index contributed by atoms with van der Waals surface area (Å²) in [4.78, 5) is 0.266. The topological polar surface area (TPSA) is 71.3 Å². The van der Waals surface area contributed by atoms with E-state index in [1.54, 1.807) is 24.8 Å². The Morgan fingerprint density at radius 1 is 1.43 bits per heavy atom. The van der Waals surface area contributed by atoms with E-state index >= 15 is 0 Å². The van der Waals surface area contributed by atoms with Gasteiger partial charge in [-0.25, -0.2) is 13.1 Å². The van der Waals surface area contributed by atoms with Gasteiger partial charge in [-0.05, 0) is 32.6 Å². The predicted octanol–water partition coefficient (Wildman–Crippen LogP) is 2.26. The van der Waals surface area contributed by atoms with Crippen molar-refractivity contribution < 1.29 is 12.8 Å². The standard InChI is InChI=1S/C14H24N2O3S2/c1-4-15-9-11-8-14(10(2)19-11)21(17,18)16-12-6-5-7-13(12)20-3/h8,12-13,15-16H,4-7,9H2,1-3H3. The molecule has 0 amide bonds. The third-order valence-corrected chi connectivity index (χ3v) is 6.59. The molecule has 1 heterocycles. The largest absolute Gasteiger partial charge is 0.464 e. The van der Waals surface area contributed by atoms with Crippen molar-refractivity contribution in [2.24, 2.45) is 0 Å². The number of aryl methyl sites for hydroxylation is 1. The summed E-state index contributed by atoms with van der Waals surface area (Å²) < 4.78 is 33.5. The predicted molar refractivity (Wildman–Crippen MR) is 86.1 cm³/mol. The van der Waals surface area contributed by atoms with Crippen molar-refractivity contribution in [1.29, 1.82) is 0 Å². The fourth-order valence-electron chi connectivity index (χ4n) is 2.73. The van der Waals surface area contributed by atoms with Crippen LogP contribution in [0.2, 0.25) is 0 Å². The van der Waals surface area contributed by atoms with Gasteiger partial charge >= 0.3 is 0 Å². The summed E-state index contributed by atoms with van der Waals surface area (Å²) >= 11 is 1.74. The zero-order chi connectivity index (χ0) is 15.5. The Hall–Kier alpha value is -0.500. The Morgan fingerprint density at radius 3 is 2.86 bits per heavy atom. The van der Waals surface area contributed by atoms with Crippen LogP contribution in [-0.2, 0) is 16.6 Å². The van der Waals surface area contributed by atoms with Crippen LogP contribution in [-0.4, -0.2) is 32.5 Å². The first-order chi connectivity index (χ1) is 9.97. The first-order valence-corrected chi connectivity index (χ1v) is 10.1. The summed E-state index contributed by atoms with van der Waals surface area (Å²) in [7, 11) is -3.51. The summed E-state index contributed by atoms with van der Waals surface area (Å²) in [6.45, 7) is 5.06. The Labute approximate surface area is 131 Å². The minimum Gasteiger partial charge on any atom is -0.464 e. The number of furan rings is 1. The van der Waals surface area contributed by atoms with Gasteiger partial charge in [0.05, 0.1) is 6.54 Å².